The van der Waals surface area contributed by atoms with Crippen molar-refractivity contribution in [3.05, 3.63) is 66.0 Å². The van der Waals surface area contributed by atoms with Gasteiger partial charge in [0.2, 0.25) is 5.91 Å². The number of hydrogen-bond donors (Lipinski definition) is 1. The van der Waals surface area contributed by atoms with Gasteiger partial charge in [-0.2, -0.15) is 0 Å². The summed E-state index contributed by atoms with van der Waals surface area (Å²) in [4.78, 5) is 16.3. The highest BCUT2D eigenvalue weighted by atomic mass is 35.5. The van der Waals surface area contributed by atoms with E-state index in [4.69, 9.17) is 11.6 Å². The maximum absolute atomic E-state index is 12.1. The monoisotopic (exact) mass is 274 g/mol. The summed E-state index contributed by atoms with van der Waals surface area (Å²) in [5.74, 6) is -0.217. The van der Waals surface area contributed by atoms with Gasteiger partial charge in [0, 0.05) is 6.20 Å². The number of alkyl halides is 1. The van der Waals surface area contributed by atoms with Crippen LogP contribution in [0.1, 0.15) is 29.6 Å². The van der Waals surface area contributed by atoms with E-state index in [1.165, 1.54) is 0 Å². The lowest BCUT2D eigenvalue weighted by molar-refractivity contribution is -0.121. The lowest BCUT2D eigenvalue weighted by atomic mass is 10.1. The Morgan fingerprint density at radius 2 is 1.84 bits per heavy atom. The molecule has 1 heterocycles. The fraction of sp³-hybridized carbons (Fsp3) is 0.200. The van der Waals surface area contributed by atoms with E-state index < -0.39 is 5.38 Å². The van der Waals surface area contributed by atoms with Gasteiger partial charge in [-0.05, 0) is 24.6 Å². The number of hydrogen-bond acceptors (Lipinski definition) is 2. The van der Waals surface area contributed by atoms with Crippen LogP contribution in [-0.2, 0) is 4.79 Å². The minimum Gasteiger partial charge on any atom is -0.346 e. The summed E-state index contributed by atoms with van der Waals surface area (Å²) >= 11 is 6.16. The molecule has 19 heavy (non-hydrogen) atoms. The average molecular weight is 275 g/mol. The summed E-state index contributed by atoms with van der Waals surface area (Å²) in [7, 11) is 0. The fourth-order valence-corrected chi connectivity index (χ4v) is 1.97. The third-order valence-corrected chi connectivity index (χ3v) is 3.26. The van der Waals surface area contributed by atoms with Gasteiger partial charge in [0.1, 0.15) is 5.38 Å². The quantitative estimate of drug-likeness (QED) is 0.870. The molecule has 3 nitrogen and oxygen atoms in total. The Hall–Kier alpha value is -1.87. The predicted octanol–water partition coefficient (Wildman–Crippen LogP) is 3.24. The largest absolute Gasteiger partial charge is 0.346 e. The number of benzene rings is 1. The molecule has 1 aromatic heterocycles. The van der Waals surface area contributed by atoms with Gasteiger partial charge in [0.15, 0.2) is 0 Å². The number of nitrogens with one attached hydrogen (secondary N) is 1. The molecule has 2 aromatic rings. The van der Waals surface area contributed by atoms with Crippen LogP contribution in [0.4, 0.5) is 0 Å². The second kappa shape index (κ2) is 6.34. The van der Waals surface area contributed by atoms with E-state index in [1.54, 1.807) is 6.20 Å². The van der Waals surface area contributed by atoms with Crippen molar-refractivity contribution < 1.29 is 4.79 Å². The number of rotatable bonds is 4. The summed E-state index contributed by atoms with van der Waals surface area (Å²) < 4.78 is 0. The molecule has 98 valence electrons. The van der Waals surface area contributed by atoms with Gasteiger partial charge in [0.05, 0.1) is 11.7 Å². The van der Waals surface area contributed by atoms with Crippen LogP contribution in [0.15, 0.2) is 54.7 Å². The first-order chi connectivity index (χ1) is 9.18. The van der Waals surface area contributed by atoms with Crippen molar-refractivity contribution in [1.29, 1.82) is 0 Å². The van der Waals surface area contributed by atoms with Crippen molar-refractivity contribution in [3.63, 3.8) is 0 Å². The maximum Gasteiger partial charge on any atom is 0.243 e. The summed E-state index contributed by atoms with van der Waals surface area (Å²) in [6.07, 6.45) is 1.70. The maximum atomic E-state index is 12.1. The van der Waals surface area contributed by atoms with Gasteiger partial charge in [-0.15, -0.1) is 11.6 Å². The SMILES string of the molecule is CC(NC(=O)C(Cl)c1ccccc1)c1ccccn1. The van der Waals surface area contributed by atoms with Crippen LogP contribution < -0.4 is 5.32 Å². The Morgan fingerprint density at radius 3 is 2.47 bits per heavy atom. The molecule has 0 spiro atoms. The lowest BCUT2D eigenvalue weighted by Crippen LogP contribution is -2.30. The Balaban J connectivity index is 2.02. The predicted molar refractivity (Wildman–Crippen MR) is 75.8 cm³/mol. The molecule has 2 atom stereocenters. The van der Waals surface area contributed by atoms with Crippen LogP contribution in [0.3, 0.4) is 0 Å². The minimum absolute atomic E-state index is 0.168. The van der Waals surface area contributed by atoms with Gasteiger partial charge in [0.25, 0.3) is 0 Å². The van der Waals surface area contributed by atoms with E-state index in [0.717, 1.165) is 11.3 Å². The van der Waals surface area contributed by atoms with Crippen molar-refractivity contribution in [2.75, 3.05) is 0 Å². The van der Waals surface area contributed by atoms with E-state index in [0.29, 0.717) is 0 Å². The topological polar surface area (TPSA) is 42.0 Å². The third kappa shape index (κ3) is 3.55. The molecule has 0 aliphatic rings. The van der Waals surface area contributed by atoms with Crippen molar-refractivity contribution in [3.8, 4) is 0 Å². The smallest absolute Gasteiger partial charge is 0.243 e. The molecule has 0 saturated heterocycles. The number of carbonyl (C=O) groups is 1. The zero-order valence-electron chi connectivity index (χ0n) is 10.6. The standard InChI is InChI=1S/C15H15ClN2O/c1-11(13-9-5-6-10-17-13)18-15(19)14(16)12-7-3-2-4-8-12/h2-11,14H,1H3,(H,18,19). The second-order valence-corrected chi connectivity index (χ2v) is 4.69. The highest BCUT2D eigenvalue weighted by molar-refractivity contribution is 6.30. The summed E-state index contributed by atoms with van der Waals surface area (Å²) in [6.45, 7) is 1.88. The van der Waals surface area contributed by atoms with Crippen LogP contribution in [0, 0.1) is 0 Å². The molecule has 1 N–H and O–H groups in total. The van der Waals surface area contributed by atoms with Crippen molar-refractivity contribution in [1.82, 2.24) is 10.3 Å². The molecule has 0 saturated carbocycles. The van der Waals surface area contributed by atoms with E-state index in [-0.39, 0.29) is 11.9 Å². The van der Waals surface area contributed by atoms with Gasteiger partial charge in [-0.25, -0.2) is 0 Å². The number of aromatic nitrogens is 1. The third-order valence-electron chi connectivity index (χ3n) is 2.81. The summed E-state index contributed by atoms with van der Waals surface area (Å²) in [5.41, 5.74) is 1.60. The molecule has 1 amide bonds. The Labute approximate surface area is 117 Å². The highest BCUT2D eigenvalue weighted by Gasteiger charge is 2.19. The molecule has 4 heteroatoms. The lowest BCUT2D eigenvalue weighted by Gasteiger charge is -2.16. The van der Waals surface area contributed by atoms with E-state index in [9.17, 15) is 4.79 Å². The zero-order valence-corrected chi connectivity index (χ0v) is 11.3. The molecule has 0 fully saturated rings. The number of pyridine rings is 1. The molecule has 1 aromatic carbocycles. The molecule has 0 aliphatic carbocycles. The zero-order chi connectivity index (χ0) is 13.7. The van der Waals surface area contributed by atoms with Crippen LogP contribution in [0.2, 0.25) is 0 Å². The highest BCUT2D eigenvalue weighted by Crippen LogP contribution is 2.21. The normalized spacial score (nSPS) is 13.6. The summed E-state index contributed by atoms with van der Waals surface area (Å²) in [6, 6.07) is 14.7. The fourth-order valence-electron chi connectivity index (χ4n) is 1.77. The van der Waals surface area contributed by atoms with Gasteiger partial charge in [-0.3, -0.25) is 9.78 Å². The van der Waals surface area contributed by atoms with Crippen molar-refractivity contribution in [2.45, 2.75) is 18.3 Å². The number of halogens is 1. The van der Waals surface area contributed by atoms with E-state index in [1.807, 2.05) is 55.5 Å². The first kappa shape index (κ1) is 13.6. The number of amides is 1. The van der Waals surface area contributed by atoms with Crippen LogP contribution in [-0.4, -0.2) is 10.9 Å². The van der Waals surface area contributed by atoms with Crippen LogP contribution in [0.5, 0.6) is 0 Å². The average Bonchev–Trinajstić information content (AvgIpc) is 2.48. The second-order valence-electron chi connectivity index (χ2n) is 4.26. The van der Waals surface area contributed by atoms with Crippen molar-refractivity contribution in [2.24, 2.45) is 0 Å². The first-order valence-corrected chi connectivity index (χ1v) is 6.52. The molecular weight excluding hydrogens is 260 g/mol. The number of nitrogens with zero attached hydrogens (tertiary/aromatic N) is 1. The van der Waals surface area contributed by atoms with E-state index >= 15 is 0 Å². The Bertz CT molecular complexity index is 530. The number of carbonyl (C=O) groups excluding carboxylic acids is 1. The Kier molecular flexibility index (Phi) is 4.53. The molecule has 0 bridgehead atoms. The van der Waals surface area contributed by atoms with Crippen LogP contribution >= 0.6 is 11.6 Å². The van der Waals surface area contributed by atoms with Gasteiger partial charge >= 0.3 is 0 Å². The van der Waals surface area contributed by atoms with Gasteiger partial charge < -0.3 is 5.32 Å². The summed E-state index contributed by atoms with van der Waals surface area (Å²) in [5, 5.41) is 2.17. The first-order valence-electron chi connectivity index (χ1n) is 6.09. The minimum atomic E-state index is -0.688. The van der Waals surface area contributed by atoms with Crippen molar-refractivity contribution >= 4 is 17.5 Å². The van der Waals surface area contributed by atoms with E-state index in [2.05, 4.69) is 10.3 Å². The van der Waals surface area contributed by atoms with Crippen LogP contribution in [0.25, 0.3) is 0 Å². The molecule has 2 unspecified atom stereocenters. The van der Waals surface area contributed by atoms with Gasteiger partial charge in [-0.1, -0.05) is 36.4 Å². The molecule has 2 rings (SSSR count). The molecule has 0 aliphatic heterocycles. The molecular formula is C15H15ClN2O. The molecule has 0 radical (unpaired) electrons. The Morgan fingerprint density at radius 1 is 1.16 bits per heavy atom.